The molecule has 2 heterocycles. The maximum atomic E-state index is 12.0. The van der Waals surface area contributed by atoms with Crippen LogP contribution in [0.3, 0.4) is 0 Å². The van der Waals surface area contributed by atoms with Crippen LogP contribution in [0.15, 0.2) is 0 Å². The Morgan fingerprint density at radius 3 is 1.89 bits per heavy atom. The molecule has 2 rings (SSSR count). The third-order valence-electron chi connectivity index (χ3n) is 5.91. The highest BCUT2D eigenvalue weighted by Gasteiger charge is 2.52. The molecule has 12 atom stereocenters. The molecule has 0 radical (unpaired) electrons. The van der Waals surface area contributed by atoms with Crippen molar-refractivity contribution in [1.29, 1.82) is 0 Å². The molecule has 16 nitrogen and oxygen atoms in total. The molecular weight excluding hydrogens is 490 g/mol. The third kappa shape index (κ3) is 7.06. The van der Waals surface area contributed by atoms with Gasteiger partial charge in [0.1, 0.15) is 54.7 Å². The van der Waals surface area contributed by atoms with Gasteiger partial charge >= 0.3 is 5.97 Å². The van der Waals surface area contributed by atoms with E-state index in [9.17, 15) is 39.9 Å². The summed E-state index contributed by atoms with van der Waals surface area (Å²) in [5, 5.41) is 64.9. The molecule has 2 aliphatic rings. The number of nitrogens with two attached hydrogens (primary N) is 1. The molecule has 0 saturated carbocycles. The number of aliphatic hydroxyl groups is 5. The van der Waals surface area contributed by atoms with E-state index in [1.54, 1.807) is 0 Å². The highest BCUT2D eigenvalue weighted by Crippen LogP contribution is 2.30. The Bertz CT molecular complexity index is 773. The SMILES string of the molecule is CC(=O)N[C@@H]1[C@H](O[C@H]2[C@@H](O)[C@H](CO)O[C@H](O[C@H](C)[C@H](N)C(=O)O)[C@H]2NC(C)=O)O[C@@H](CO)[C@@H](O)[C@@H]1O. The number of carboxylic acid groups (broad SMARTS) is 1. The summed E-state index contributed by atoms with van der Waals surface area (Å²) in [5.74, 6) is -2.62. The zero-order valence-corrected chi connectivity index (χ0v) is 20.0. The Balaban J connectivity index is 2.41. The number of ether oxygens (including phenoxy) is 4. The molecule has 2 saturated heterocycles. The number of hydrogen-bond donors (Lipinski definition) is 9. The standard InChI is InChI=1S/C20H35N3O13/c1-6(11(21)18(31)32)33-20-13(23-8(3)27)17(15(29)10(5-25)35-20)36-19-12(22-7(2)26)16(30)14(28)9(4-24)34-19/h6,9-17,19-20,24-25,28-30H,4-5,21H2,1-3H3,(H,22,26)(H,23,27)(H,31,32)/t6-,9+,10+,11+,12+,13+,14-,15+,16-,17-,19+,20+/m1/s1. The fourth-order valence-corrected chi connectivity index (χ4v) is 3.97. The first-order chi connectivity index (χ1) is 16.8. The fraction of sp³-hybridized carbons (Fsp3) is 0.850. The average Bonchev–Trinajstić information content (AvgIpc) is 2.80. The predicted octanol–water partition coefficient (Wildman–Crippen LogP) is -5.28. The number of aliphatic carboxylic acids is 1. The highest BCUT2D eigenvalue weighted by atomic mass is 16.7. The average molecular weight is 526 g/mol. The van der Waals surface area contributed by atoms with Crippen molar-refractivity contribution in [1.82, 2.24) is 10.6 Å². The lowest BCUT2D eigenvalue weighted by Crippen LogP contribution is -2.70. The van der Waals surface area contributed by atoms with Crippen LogP contribution >= 0.6 is 0 Å². The van der Waals surface area contributed by atoms with Gasteiger partial charge in [0.15, 0.2) is 12.6 Å². The second-order valence-electron chi connectivity index (χ2n) is 8.68. The first-order valence-corrected chi connectivity index (χ1v) is 11.2. The predicted molar refractivity (Wildman–Crippen MR) is 116 cm³/mol. The zero-order valence-electron chi connectivity index (χ0n) is 20.0. The molecule has 16 heteroatoms. The van der Waals surface area contributed by atoms with Crippen molar-refractivity contribution in [3.8, 4) is 0 Å². The zero-order chi connectivity index (χ0) is 27.3. The molecule has 10 N–H and O–H groups in total. The largest absolute Gasteiger partial charge is 0.480 e. The van der Waals surface area contributed by atoms with Gasteiger partial charge in [-0.05, 0) is 6.92 Å². The Kier molecular flexibility index (Phi) is 10.9. The van der Waals surface area contributed by atoms with Crippen molar-refractivity contribution in [2.24, 2.45) is 5.73 Å². The summed E-state index contributed by atoms with van der Waals surface area (Å²) in [7, 11) is 0. The van der Waals surface area contributed by atoms with Gasteiger partial charge in [0.25, 0.3) is 0 Å². The van der Waals surface area contributed by atoms with Crippen molar-refractivity contribution >= 4 is 17.8 Å². The molecule has 208 valence electrons. The van der Waals surface area contributed by atoms with Crippen LogP contribution in [0.25, 0.3) is 0 Å². The topological polar surface area (TPSA) is 260 Å². The molecule has 0 bridgehead atoms. The van der Waals surface area contributed by atoms with Crippen LogP contribution in [0.5, 0.6) is 0 Å². The second-order valence-corrected chi connectivity index (χ2v) is 8.68. The summed E-state index contributed by atoms with van der Waals surface area (Å²) in [4.78, 5) is 34.9. The summed E-state index contributed by atoms with van der Waals surface area (Å²) in [5.41, 5.74) is 5.59. The van der Waals surface area contributed by atoms with Crippen LogP contribution < -0.4 is 16.4 Å². The number of amides is 2. The summed E-state index contributed by atoms with van der Waals surface area (Å²) in [6, 6.07) is -4.19. The molecule has 0 aromatic carbocycles. The van der Waals surface area contributed by atoms with Crippen LogP contribution in [-0.2, 0) is 33.3 Å². The van der Waals surface area contributed by atoms with E-state index in [4.69, 9.17) is 29.8 Å². The molecule has 2 amide bonds. The molecule has 2 fully saturated rings. The molecule has 36 heavy (non-hydrogen) atoms. The molecular formula is C20H35N3O13. The van der Waals surface area contributed by atoms with Gasteiger partial charge in [0, 0.05) is 13.8 Å². The minimum absolute atomic E-state index is 0.622. The van der Waals surface area contributed by atoms with E-state index >= 15 is 0 Å². The van der Waals surface area contributed by atoms with Gasteiger partial charge < -0.3 is 66.0 Å². The minimum Gasteiger partial charge on any atom is -0.480 e. The summed E-state index contributed by atoms with van der Waals surface area (Å²) in [6.07, 6.45) is -13.3. The molecule has 0 aromatic heterocycles. The van der Waals surface area contributed by atoms with Gasteiger partial charge in [0.2, 0.25) is 11.8 Å². The van der Waals surface area contributed by atoms with Crippen molar-refractivity contribution in [2.75, 3.05) is 13.2 Å². The summed E-state index contributed by atoms with van der Waals surface area (Å²) < 4.78 is 22.6. The van der Waals surface area contributed by atoms with Crippen LogP contribution in [0.1, 0.15) is 20.8 Å². The maximum absolute atomic E-state index is 12.0. The summed E-state index contributed by atoms with van der Waals surface area (Å²) >= 11 is 0. The monoisotopic (exact) mass is 525 g/mol. The number of carbonyl (C=O) groups is 3. The van der Waals surface area contributed by atoms with E-state index in [0.717, 1.165) is 13.8 Å². The molecule has 0 unspecified atom stereocenters. The van der Waals surface area contributed by atoms with E-state index < -0.39 is 104 Å². The molecule has 0 spiro atoms. The maximum Gasteiger partial charge on any atom is 0.323 e. The van der Waals surface area contributed by atoms with Gasteiger partial charge in [-0.15, -0.1) is 0 Å². The van der Waals surface area contributed by atoms with Crippen LogP contribution in [0, 0.1) is 0 Å². The Labute approximate surface area is 206 Å². The van der Waals surface area contributed by atoms with E-state index in [2.05, 4.69) is 10.6 Å². The molecule has 0 aromatic rings. The molecule has 2 aliphatic heterocycles. The normalized spacial score (nSPS) is 38.6. The van der Waals surface area contributed by atoms with Gasteiger partial charge in [-0.3, -0.25) is 14.4 Å². The van der Waals surface area contributed by atoms with Crippen molar-refractivity contribution < 1.29 is 64.0 Å². The lowest BCUT2D eigenvalue weighted by molar-refractivity contribution is -0.332. The first kappa shape index (κ1) is 30.2. The first-order valence-electron chi connectivity index (χ1n) is 11.2. The number of carboxylic acids is 1. The van der Waals surface area contributed by atoms with Crippen LogP contribution in [-0.4, -0.2) is 135 Å². The van der Waals surface area contributed by atoms with E-state index in [0.29, 0.717) is 0 Å². The Morgan fingerprint density at radius 1 is 0.889 bits per heavy atom. The lowest BCUT2D eigenvalue weighted by Gasteiger charge is -2.48. The van der Waals surface area contributed by atoms with Gasteiger partial charge in [-0.1, -0.05) is 0 Å². The Morgan fingerprint density at radius 2 is 1.39 bits per heavy atom. The summed E-state index contributed by atoms with van der Waals surface area (Å²) in [6.45, 7) is 2.14. The second kappa shape index (κ2) is 13.0. The number of rotatable bonds is 10. The fourth-order valence-electron chi connectivity index (χ4n) is 3.97. The van der Waals surface area contributed by atoms with Crippen molar-refractivity contribution in [3.05, 3.63) is 0 Å². The van der Waals surface area contributed by atoms with Crippen molar-refractivity contribution in [2.45, 2.75) is 94.2 Å². The number of hydrogen-bond acceptors (Lipinski definition) is 13. The van der Waals surface area contributed by atoms with Crippen LogP contribution in [0.2, 0.25) is 0 Å². The number of carbonyl (C=O) groups excluding carboxylic acids is 2. The third-order valence-corrected chi connectivity index (χ3v) is 5.91. The van der Waals surface area contributed by atoms with Crippen molar-refractivity contribution in [3.63, 3.8) is 0 Å². The van der Waals surface area contributed by atoms with E-state index in [1.165, 1.54) is 6.92 Å². The Hall–Kier alpha value is -1.99. The highest BCUT2D eigenvalue weighted by molar-refractivity contribution is 5.74. The van der Waals surface area contributed by atoms with E-state index in [1.807, 2.05) is 0 Å². The minimum atomic E-state index is -1.66. The van der Waals surface area contributed by atoms with E-state index in [-0.39, 0.29) is 0 Å². The van der Waals surface area contributed by atoms with Gasteiger partial charge in [0.05, 0.1) is 19.3 Å². The quantitative estimate of drug-likeness (QED) is 0.129. The van der Waals surface area contributed by atoms with Gasteiger partial charge in [-0.2, -0.15) is 0 Å². The number of aliphatic hydroxyl groups excluding tert-OH is 5. The lowest BCUT2D eigenvalue weighted by atomic mass is 9.94. The smallest absolute Gasteiger partial charge is 0.323 e. The van der Waals surface area contributed by atoms with Gasteiger partial charge in [-0.25, -0.2) is 0 Å². The van der Waals surface area contributed by atoms with Crippen LogP contribution in [0.4, 0.5) is 0 Å². The number of nitrogens with one attached hydrogen (secondary N) is 2. The molecule has 0 aliphatic carbocycles.